The lowest BCUT2D eigenvalue weighted by Crippen LogP contribution is -2.42. The molecule has 0 unspecified atom stereocenters. The van der Waals surface area contributed by atoms with Crippen LogP contribution in [0.4, 0.5) is 0 Å². The second-order valence-corrected chi connectivity index (χ2v) is 6.94. The van der Waals surface area contributed by atoms with Crippen LogP contribution < -0.4 is 0 Å². The molecule has 1 atom stereocenters. The Hall–Kier alpha value is -0.440. The molecule has 8 heteroatoms. The van der Waals surface area contributed by atoms with Crippen molar-refractivity contribution in [3.63, 3.8) is 0 Å². The van der Waals surface area contributed by atoms with Gasteiger partial charge in [-0.05, 0) is 28.8 Å². The summed E-state index contributed by atoms with van der Waals surface area (Å²) < 4.78 is 33.6. The molecule has 0 aromatic carbocycles. The highest BCUT2D eigenvalue weighted by atomic mass is 79.9. The molecule has 0 spiro atoms. The molecule has 6 nitrogen and oxygen atoms in total. The highest BCUT2D eigenvalue weighted by Gasteiger charge is 2.32. The second kappa shape index (κ2) is 5.28. The van der Waals surface area contributed by atoms with Crippen molar-refractivity contribution < 1.29 is 13.2 Å². The molecule has 0 aliphatic carbocycles. The van der Waals surface area contributed by atoms with E-state index in [1.807, 2.05) is 0 Å². The summed E-state index contributed by atoms with van der Waals surface area (Å²) in [6, 6.07) is 0. The Bertz CT molecular complexity index is 528. The Balaban J connectivity index is 2.28. The van der Waals surface area contributed by atoms with Gasteiger partial charge in [0, 0.05) is 27.2 Å². The summed E-state index contributed by atoms with van der Waals surface area (Å²) in [5.74, 6) is 0. The van der Waals surface area contributed by atoms with E-state index >= 15 is 0 Å². The number of methoxy groups -OCH3 is 1. The van der Waals surface area contributed by atoms with E-state index in [0.29, 0.717) is 17.7 Å². The van der Waals surface area contributed by atoms with Crippen LogP contribution in [-0.4, -0.2) is 48.8 Å². The van der Waals surface area contributed by atoms with Crippen molar-refractivity contribution in [2.24, 2.45) is 7.05 Å². The molecular weight excluding hydrogens is 322 g/mol. The number of rotatable bonds is 3. The summed E-state index contributed by atoms with van der Waals surface area (Å²) in [5, 5.41) is 3.95. The van der Waals surface area contributed by atoms with E-state index in [2.05, 4.69) is 21.0 Å². The van der Waals surface area contributed by atoms with E-state index in [1.165, 1.54) is 15.2 Å². The van der Waals surface area contributed by atoms with E-state index in [4.69, 9.17) is 4.74 Å². The lowest BCUT2D eigenvalue weighted by atomic mass is 10.1. The van der Waals surface area contributed by atoms with Crippen molar-refractivity contribution in [3.05, 3.63) is 10.8 Å². The third kappa shape index (κ3) is 2.47. The number of halogens is 1. The van der Waals surface area contributed by atoms with Gasteiger partial charge in [0.05, 0.1) is 12.3 Å². The average Bonchev–Trinajstić information content (AvgIpc) is 2.70. The molecule has 1 saturated heterocycles. The van der Waals surface area contributed by atoms with Gasteiger partial charge in [-0.1, -0.05) is 0 Å². The fraction of sp³-hybridized carbons (Fsp3) is 0.700. The van der Waals surface area contributed by atoms with E-state index in [0.717, 1.165) is 12.8 Å². The second-order valence-electron chi connectivity index (χ2n) is 4.29. The molecule has 0 saturated carbocycles. The number of aryl methyl sites for hydroxylation is 1. The Morgan fingerprint density at radius 2 is 2.28 bits per heavy atom. The van der Waals surface area contributed by atoms with Gasteiger partial charge in [0.2, 0.25) is 10.0 Å². The predicted octanol–water partition coefficient (Wildman–Crippen LogP) is 0.982. The Labute approximate surface area is 115 Å². The third-order valence-corrected chi connectivity index (χ3v) is 6.20. The molecule has 1 aliphatic heterocycles. The van der Waals surface area contributed by atoms with Crippen molar-refractivity contribution in [3.8, 4) is 0 Å². The topological polar surface area (TPSA) is 64.4 Å². The minimum atomic E-state index is -3.49. The van der Waals surface area contributed by atoms with Crippen LogP contribution in [0.2, 0.25) is 0 Å². The smallest absolute Gasteiger partial charge is 0.247 e. The van der Waals surface area contributed by atoms with Crippen molar-refractivity contribution in [1.29, 1.82) is 0 Å². The molecule has 1 fully saturated rings. The van der Waals surface area contributed by atoms with Gasteiger partial charge in [-0.2, -0.15) is 9.40 Å². The third-order valence-electron chi connectivity index (χ3n) is 3.13. The summed E-state index contributed by atoms with van der Waals surface area (Å²) in [6.07, 6.45) is 3.06. The van der Waals surface area contributed by atoms with Crippen molar-refractivity contribution in [2.45, 2.75) is 23.8 Å². The first-order valence-corrected chi connectivity index (χ1v) is 7.90. The van der Waals surface area contributed by atoms with Crippen molar-refractivity contribution in [2.75, 3.05) is 20.2 Å². The summed E-state index contributed by atoms with van der Waals surface area (Å²) >= 11 is 3.25. The predicted molar refractivity (Wildman–Crippen MR) is 69.7 cm³/mol. The van der Waals surface area contributed by atoms with Crippen LogP contribution in [-0.2, 0) is 21.8 Å². The van der Waals surface area contributed by atoms with Crippen LogP contribution >= 0.6 is 15.9 Å². The quantitative estimate of drug-likeness (QED) is 0.824. The zero-order chi connectivity index (χ0) is 13.3. The van der Waals surface area contributed by atoms with E-state index in [-0.39, 0.29) is 11.0 Å². The van der Waals surface area contributed by atoms with Crippen LogP contribution in [0.15, 0.2) is 15.7 Å². The maximum Gasteiger partial charge on any atom is 0.247 e. The maximum absolute atomic E-state index is 12.5. The zero-order valence-corrected chi connectivity index (χ0v) is 12.7. The van der Waals surface area contributed by atoms with Gasteiger partial charge in [-0.3, -0.25) is 4.68 Å². The van der Waals surface area contributed by atoms with Gasteiger partial charge in [-0.25, -0.2) is 8.42 Å². The number of nitrogens with zero attached hydrogens (tertiary/aromatic N) is 3. The molecular formula is C10H16BrN3O3S. The molecule has 2 heterocycles. The van der Waals surface area contributed by atoms with E-state index in [1.54, 1.807) is 14.2 Å². The van der Waals surface area contributed by atoms with Crippen LogP contribution in [0, 0.1) is 0 Å². The fourth-order valence-electron chi connectivity index (χ4n) is 2.03. The zero-order valence-electron chi connectivity index (χ0n) is 10.3. The number of ether oxygens (including phenoxy) is 1. The van der Waals surface area contributed by atoms with Crippen LogP contribution in [0.1, 0.15) is 12.8 Å². The standard InChI is InChI=1S/C10H16BrN3O3S/c1-13-10(11)9(6-12-13)18(15,16)14-5-3-4-8(7-14)17-2/h6,8H,3-5,7H2,1-2H3/t8-/m0/s1. The highest BCUT2D eigenvalue weighted by molar-refractivity contribution is 9.10. The molecule has 0 bridgehead atoms. The molecule has 18 heavy (non-hydrogen) atoms. The number of piperidine rings is 1. The number of hydrogen-bond donors (Lipinski definition) is 0. The van der Waals surface area contributed by atoms with Gasteiger partial charge < -0.3 is 4.74 Å². The summed E-state index contributed by atoms with van der Waals surface area (Å²) in [4.78, 5) is 0.210. The fourth-order valence-corrected chi connectivity index (χ4v) is 4.37. The minimum absolute atomic E-state index is 0.0241. The average molecular weight is 338 g/mol. The van der Waals surface area contributed by atoms with Gasteiger partial charge >= 0.3 is 0 Å². The Morgan fingerprint density at radius 3 is 2.83 bits per heavy atom. The molecule has 0 radical (unpaired) electrons. The molecule has 1 aliphatic rings. The van der Waals surface area contributed by atoms with Crippen molar-refractivity contribution >= 4 is 26.0 Å². The molecule has 102 valence electrons. The Morgan fingerprint density at radius 1 is 1.56 bits per heavy atom. The molecule has 1 aromatic heterocycles. The lowest BCUT2D eigenvalue weighted by Gasteiger charge is -2.30. The SMILES string of the molecule is CO[C@H]1CCCN(S(=O)(=O)c2cnn(C)c2Br)C1. The number of aromatic nitrogens is 2. The van der Waals surface area contributed by atoms with Crippen molar-refractivity contribution in [1.82, 2.24) is 14.1 Å². The van der Waals surface area contributed by atoms with Crippen LogP contribution in [0.3, 0.4) is 0 Å². The highest BCUT2D eigenvalue weighted by Crippen LogP contribution is 2.26. The molecule has 1 aromatic rings. The normalized spacial score (nSPS) is 22.3. The van der Waals surface area contributed by atoms with Crippen LogP contribution in [0.25, 0.3) is 0 Å². The van der Waals surface area contributed by atoms with E-state index < -0.39 is 10.0 Å². The Kier molecular flexibility index (Phi) is 4.10. The minimum Gasteiger partial charge on any atom is -0.380 e. The molecule has 0 amide bonds. The first-order chi connectivity index (χ1) is 8.46. The molecule has 0 N–H and O–H groups in total. The van der Waals surface area contributed by atoms with Gasteiger partial charge in [0.25, 0.3) is 0 Å². The summed E-state index contributed by atoms with van der Waals surface area (Å²) in [7, 11) is -0.188. The first-order valence-electron chi connectivity index (χ1n) is 5.67. The summed E-state index contributed by atoms with van der Waals surface area (Å²) in [5.41, 5.74) is 0. The van der Waals surface area contributed by atoms with Gasteiger partial charge in [-0.15, -0.1) is 0 Å². The largest absolute Gasteiger partial charge is 0.380 e. The maximum atomic E-state index is 12.5. The van der Waals surface area contributed by atoms with Gasteiger partial charge in [0.1, 0.15) is 9.50 Å². The van der Waals surface area contributed by atoms with Crippen LogP contribution in [0.5, 0.6) is 0 Å². The molecule has 2 rings (SSSR count). The number of hydrogen-bond acceptors (Lipinski definition) is 4. The first kappa shape index (κ1) is 14.0. The monoisotopic (exact) mass is 337 g/mol. The summed E-state index contributed by atoms with van der Waals surface area (Å²) in [6.45, 7) is 0.934. The number of sulfonamides is 1. The van der Waals surface area contributed by atoms with E-state index in [9.17, 15) is 8.42 Å². The lowest BCUT2D eigenvalue weighted by molar-refractivity contribution is 0.0571. The van der Waals surface area contributed by atoms with Gasteiger partial charge in [0.15, 0.2) is 0 Å².